The molecule has 0 aliphatic heterocycles. The van der Waals surface area contributed by atoms with Gasteiger partial charge in [-0.05, 0) is 38.0 Å². The number of carboxylic acid groups (broad SMARTS) is 1. The summed E-state index contributed by atoms with van der Waals surface area (Å²) in [6.45, 7) is 4.71. The van der Waals surface area contributed by atoms with E-state index in [4.69, 9.17) is 9.52 Å². The molecular weight excluding hydrogens is 262 g/mol. The van der Waals surface area contributed by atoms with E-state index in [0.717, 1.165) is 10.8 Å². The monoisotopic (exact) mass is 283 g/mol. The maximum atomic E-state index is 10.8. The van der Waals surface area contributed by atoms with Crippen molar-refractivity contribution in [1.29, 1.82) is 0 Å². The molecule has 1 aromatic heterocycles. The van der Waals surface area contributed by atoms with Crippen molar-refractivity contribution in [3.05, 3.63) is 23.2 Å². The van der Waals surface area contributed by atoms with Crippen LogP contribution in [0.15, 0.2) is 10.5 Å². The molecule has 2 N–H and O–H groups in total. The lowest BCUT2D eigenvalue weighted by molar-refractivity contribution is 0.0661. The molecule has 0 saturated heterocycles. The zero-order chi connectivity index (χ0) is 13.8. The first-order chi connectivity index (χ1) is 9.10. The van der Waals surface area contributed by atoms with Crippen LogP contribution in [-0.2, 0) is 6.54 Å². The van der Waals surface area contributed by atoms with Crippen LogP contribution in [0, 0.1) is 6.92 Å². The fourth-order valence-corrected chi connectivity index (χ4v) is 3.71. The van der Waals surface area contributed by atoms with Gasteiger partial charge in [-0.1, -0.05) is 6.92 Å². The maximum absolute atomic E-state index is 10.8. The van der Waals surface area contributed by atoms with E-state index in [0.29, 0.717) is 18.3 Å². The number of carbonyl (C=O) groups is 1. The molecule has 1 heterocycles. The third-order valence-corrected chi connectivity index (χ3v) is 4.83. The van der Waals surface area contributed by atoms with Gasteiger partial charge in [-0.2, -0.15) is 11.8 Å². The van der Waals surface area contributed by atoms with Crippen LogP contribution in [0.4, 0.5) is 0 Å². The third kappa shape index (κ3) is 3.76. The molecule has 5 heteroatoms. The van der Waals surface area contributed by atoms with Crippen molar-refractivity contribution in [2.75, 3.05) is 5.75 Å². The molecule has 2 atom stereocenters. The molecule has 1 aliphatic carbocycles. The van der Waals surface area contributed by atoms with Crippen LogP contribution >= 0.6 is 11.8 Å². The van der Waals surface area contributed by atoms with Gasteiger partial charge in [-0.15, -0.1) is 0 Å². The quantitative estimate of drug-likeness (QED) is 0.840. The minimum Gasteiger partial charge on any atom is -0.475 e. The smallest absolute Gasteiger partial charge is 0.371 e. The highest BCUT2D eigenvalue weighted by Crippen LogP contribution is 2.30. The molecule has 1 aromatic rings. The molecule has 106 valence electrons. The molecule has 2 unspecified atom stereocenters. The molecular formula is C14H21NO3S. The van der Waals surface area contributed by atoms with Gasteiger partial charge < -0.3 is 14.8 Å². The van der Waals surface area contributed by atoms with Gasteiger partial charge >= 0.3 is 5.97 Å². The maximum Gasteiger partial charge on any atom is 0.371 e. The molecule has 0 radical (unpaired) electrons. The van der Waals surface area contributed by atoms with E-state index in [2.05, 4.69) is 12.2 Å². The molecule has 0 aromatic carbocycles. The number of aryl methyl sites for hydroxylation is 1. The molecule has 0 amide bonds. The SMILES string of the molecule is CCSC1CCC(NCc2cc(C(=O)O)oc2C)C1. The minimum absolute atomic E-state index is 0.0279. The summed E-state index contributed by atoms with van der Waals surface area (Å²) >= 11 is 2.04. The Hall–Kier alpha value is -0.940. The highest BCUT2D eigenvalue weighted by Gasteiger charge is 2.24. The van der Waals surface area contributed by atoms with E-state index in [-0.39, 0.29) is 5.76 Å². The third-order valence-electron chi connectivity index (χ3n) is 3.60. The van der Waals surface area contributed by atoms with Gasteiger partial charge in [0.25, 0.3) is 0 Å². The summed E-state index contributed by atoms with van der Waals surface area (Å²) in [6.07, 6.45) is 3.70. The Morgan fingerprint density at radius 1 is 1.58 bits per heavy atom. The minimum atomic E-state index is -1.00. The molecule has 1 saturated carbocycles. The average molecular weight is 283 g/mol. The first-order valence-corrected chi connectivity index (χ1v) is 7.82. The number of hydrogen-bond donors (Lipinski definition) is 2. The predicted octanol–water partition coefficient (Wildman–Crippen LogP) is 3.05. The number of rotatable bonds is 6. The highest BCUT2D eigenvalue weighted by molar-refractivity contribution is 7.99. The molecule has 0 spiro atoms. The second-order valence-electron chi connectivity index (χ2n) is 4.97. The Bertz CT molecular complexity index is 444. The number of hydrogen-bond acceptors (Lipinski definition) is 4. The van der Waals surface area contributed by atoms with Crippen LogP contribution in [0.3, 0.4) is 0 Å². The highest BCUT2D eigenvalue weighted by atomic mass is 32.2. The van der Waals surface area contributed by atoms with Crippen LogP contribution in [0.5, 0.6) is 0 Å². The first-order valence-electron chi connectivity index (χ1n) is 6.77. The predicted molar refractivity (Wildman–Crippen MR) is 76.8 cm³/mol. The van der Waals surface area contributed by atoms with E-state index in [1.54, 1.807) is 6.07 Å². The van der Waals surface area contributed by atoms with Gasteiger partial charge in [0, 0.05) is 23.4 Å². The van der Waals surface area contributed by atoms with Crippen LogP contribution in [0.1, 0.15) is 48.1 Å². The summed E-state index contributed by atoms with van der Waals surface area (Å²) in [7, 11) is 0. The van der Waals surface area contributed by atoms with Crippen LogP contribution in [0.2, 0.25) is 0 Å². The van der Waals surface area contributed by atoms with Gasteiger partial charge in [0.05, 0.1) is 0 Å². The van der Waals surface area contributed by atoms with Gasteiger partial charge in [-0.3, -0.25) is 0 Å². The van der Waals surface area contributed by atoms with E-state index in [1.165, 1.54) is 25.0 Å². The molecule has 0 bridgehead atoms. The van der Waals surface area contributed by atoms with Gasteiger partial charge in [0.2, 0.25) is 5.76 Å². The van der Waals surface area contributed by atoms with Crippen molar-refractivity contribution in [3.8, 4) is 0 Å². The zero-order valence-corrected chi connectivity index (χ0v) is 12.3. The lowest BCUT2D eigenvalue weighted by atomic mass is 10.2. The number of nitrogens with one attached hydrogen (secondary N) is 1. The number of thioether (sulfide) groups is 1. The van der Waals surface area contributed by atoms with E-state index in [9.17, 15) is 4.79 Å². The van der Waals surface area contributed by atoms with Gasteiger partial charge in [-0.25, -0.2) is 4.79 Å². The standard InChI is InChI=1S/C14H21NO3S/c1-3-19-12-5-4-11(7-12)15-8-10-6-13(14(16)17)18-9(10)2/h6,11-12,15H,3-5,7-8H2,1-2H3,(H,16,17). The topological polar surface area (TPSA) is 62.5 Å². The first kappa shape index (κ1) is 14.5. The van der Waals surface area contributed by atoms with Crippen LogP contribution in [-0.4, -0.2) is 28.1 Å². The fourth-order valence-electron chi connectivity index (χ4n) is 2.57. The van der Waals surface area contributed by atoms with Crippen molar-refractivity contribution >= 4 is 17.7 Å². The summed E-state index contributed by atoms with van der Waals surface area (Å²) in [5.74, 6) is 0.900. The summed E-state index contributed by atoms with van der Waals surface area (Å²) < 4.78 is 5.21. The Morgan fingerprint density at radius 2 is 2.37 bits per heavy atom. The lowest BCUT2D eigenvalue weighted by Gasteiger charge is -2.12. The van der Waals surface area contributed by atoms with Gasteiger partial charge in [0.1, 0.15) is 5.76 Å². The summed E-state index contributed by atoms with van der Waals surface area (Å²) in [4.78, 5) is 10.8. The van der Waals surface area contributed by atoms with Crippen molar-refractivity contribution in [2.24, 2.45) is 0 Å². The lowest BCUT2D eigenvalue weighted by Crippen LogP contribution is -2.26. The Labute approximate surface area is 117 Å². The second kappa shape index (κ2) is 6.48. The Morgan fingerprint density at radius 3 is 3.00 bits per heavy atom. The molecule has 1 aliphatic rings. The molecule has 2 rings (SSSR count). The van der Waals surface area contributed by atoms with Crippen molar-refractivity contribution < 1.29 is 14.3 Å². The molecule has 4 nitrogen and oxygen atoms in total. The fraction of sp³-hybridized carbons (Fsp3) is 0.643. The van der Waals surface area contributed by atoms with E-state index < -0.39 is 5.97 Å². The summed E-state index contributed by atoms with van der Waals surface area (Å²) in [6, 6.07) is 2.17. The van der Waals surface area contributed by atoms with Gasteiger partial charge in [0.15, 0.2) is 0 Å². The Balaban J connectivity index is 1.84. The Kier molecular flexibility index (Phi) is 4.93. The van der Waals surface area contributed by atoms with E-state index in [1.807, 2.05) is 18.7 Å². The number of furan rings is 1. The van der Waals surface area contributed by atoms with Crippen LogP contribution in [0.25, 0.3) is 0 Å². The van der Waals surface area contributed by atoms with Crippen molar-refractivity contribution in [1.82, 2.24) is 5.32 Å². The number of aromatic carboxylic acids is 1. The summed E-state index contributed by atoms with van der Waals surface area (Å²) in [5, 5.41) is 13.2. The van der Waals surface area contributed by atoms with Crippen LogP contribution < -0.4 is 5.32 Å². The number of carboxylic acids is 1. The second-order valence-corrected chi connectivity index (χ2v) is 6.54. The summed E-state index contributed by atoms with van der Waals surface area (Å²) in [5.41, 5.74) is 0.948. The van der Waals surface area contributed by atoms with Crippen molar-refractivity contribution in [2.45, 2.75) is 50.9 Å². The molecule has 19 heavy (non-hydrogen) atoms. The zero-order valence-electron chi connectivity index (χ0n) is 11.4. The normalized spacial score (nSPS) is 22.8. The van der Waals surface area contributed by atoms with Crippen molar-refractivity contribution in [3.63, 3.8) is 0 Å². The molecule has 1 fully saturated rings. The average Bonchev–Trinajstić information content (AvgIpc) is 2.94. The largest absolute Gasteiger partial charge is 0.475 e. The van der Waals surface area contributed by atoms with E-state index >= 15 is 0 Å².